The van der Waals surface area contributed by atoms with Crippen LogP contribution in [0, 0.1) is 5.92 Å². The van der Waals surface area contributed by atoms with Crippen molar-refractivity contribution in [2.45, 2.75) is 60.8 Å². The number of nitrogens with zero attached hydrogens (tertiary/aromatic N) is 1. The van der Waals surface area contributed by atoms with E-state index in [0.717, 1.165) is 19.3 Å². The van der Waals surface area contributed by atoms with Gasteiger partial charge < -0.3 is 0 Å². The normalized spacial score (nSPS) is 12.8. The molecule has 0 atom stereocenters. The quantitative estimate of drug-likeness (QED) is 0.348. The average Bonchev–Trinajstić information content (AvgIpc) is 2.61. The van der Waals surface area contributed by atoms with Gasteiger partial charge in [0.2, 0.25) is 0 Å². The van der Waals surface area contributed by atoms with E-state index in [0.29, 0.717) is 5.92 Å². The molecule has 1 aromatic carbocycles. The first-order chi connectivity index (χ1) is 12.1. The van der Waals surface area contributed by atoms with E-state index in [1.807, 2.05) is 27.1 Å². The highest BCUT2D eigenvalue weighted by molar-refractivity contribution is 6.09. The molecule has 0 fully saturated rings. The van der Waals surface area contributed by atoms with Gasteiger partial charge in [-0.2, -0.15) is 0 Å². The number of aliphatic imine (C=N–C) groups is 1. The van der Waals surface area contributed by atoms with Crippen LogP contribution in [0.15, 0.2) is 59.1 Å². The lowest BCUT2D eigenvalue weighted by atomic mass is 9.98. The summed E-state index contributed by atoms with van der Waals surface area (Å²) >= 11 is 0. The molecule has 1 rings (SSSR count). The first kappa shape index (κ1) is 23.1. The highest BCUT2D eigenvalue weighted by atomic mass is 14.6. The van der Waals surface area contributed by atoms with Crippen LogP contribution in [0.25, 0.3) is 5.57 Å². The van der Waals surface area contributed by atoms with Crippen molar-refractivity contribution in [1.82, 2.24) is 0 Å². The van der Waals surface area contributed by atoms with Crippen molar-refractivity contribution in [1.29, 1.82) is 0 Å². The van der Waals surface area contributed by atoms with Crippen molar-refractivity contribution in [2.75, 3.05) is 7.05 Å². The minimum absolute atomic E-state index is 0.690. The van der Waals surface area contributed by atoms with Crippen LogP contribution >= 0.6 is 0 Å². The first-order valence-electron chi connectivity index (χ1n) is 9.64. The zero-order chi connectivity index (χ0) is 19.1. The number of benzene rings is 1. The van der Waals surface area contributed by atoms with Gasteiger partial charge in [0, 0.05) is 13.3 Å². The Labute approximate surface area is 156 Å². The molecule has 138 valence electrons. The maximum atomic E-state index is 4.22. The van der Waals surface area contributed by atoms with Gasteiger partial charge in [0.25, 0.3) is 0 Å². The molecule has 25 heavy (non-hydrogen) atoms. The molecule has 1 heteroatoms. The summed E-state index contributed by atoms with van der Waals surface area (Å²) in [5.41, 5.74) is 5.18. The second-order valence-electron chi connectivity index (χ2n) is 6.23. The highest BCUT2D eigenvalue weighted by Gasteiger charge is 2.02. The number of hydrogen-bond donors (Lipinski definition) is 0. The standard InChI is InChI=1S/C22H31N.C2H6/c1-6-8-19(9-7-2)10-15-22(17-23-5)21-13-11-20(12-14-21)16-18(3)4;1-2/h6,8-9,11-15,17-18H,7,10,16H2,1-5H3;1-2H3/b8-6-,19-9+,22-15+,23-17?;. The molecule has 1 nitrogen and oxygen atoms in total. The van der Waals surface area contributed by atoms with E-state index >= 15 is 0 Å². The molecule has 0 bridgehead atoms. The predicted molar refractivity (Wildman–Crippen MR) is 117 cm³/mol. The third-order valence-electron chi connectivity index (χ3n) is 3.60. The van der Waals surface area contributed by atoms with Gasteiger partial charge in [0.05, 0.1) is 0 Å². The lowest BCUT2D eigenvalue weighted by Gasteiger charge is -2.08. The molecule has 0 aliphatic heterocycles. The smallest absolute Gasteiger partial charge is 0.0284 e. The minimum Gasteiger partial charge on any atom is -0.296 e. The van der Waals surface area contributed by atoms with Crippen molar-refractivity contribution in [3.8, 4) is 0 Å². The monoisotopic (exact) mass is 339 g/mol. The predicted octanol–water partition coefficient (Wildman–Crippen LogP) is 7.30. The number of allylic oxidation sites excluding steroid dienone is 6. The van der Waals surface area contributed by atoms with Crippen LogP contribution in [0.4, 0.5) is 0 Å². The molecule has 0 aliphatic carbocycles. The molecule has 0 radical (unpaired) electrons. The fourth-order valence-electron chi connectivity index (χ4n) is 2.61. The summed E-state index contributed by atoms with van der Waals surface area (Å²) in [6.07, 6.45) is 13.9. The fraction of sp³-hybridized carbons (Fsp3) is 0.458. The molecule has 0 heterocycles. The van der Waals surface area contributed by atoms with E-state index in [2.05, 4.69) is 81.3 Å². The van der Waals surface area contributed by atoms with Crippen molar-refractivity contribution in [2.24, 2.45) is 10.9 Å². The zero-order valence-electron chi connectivity index (χ0n) is 17.3. The van der Waals surface area contributed by atoms with Crippen LogP contribution in [-0.4, -0.2) is 13.3 Å². The lowest BCUT2D eigenvalue weighted by Crippen LogP contribution is -1.94. The molecule has 0 aromatic heterocycles. The zero-order valence-corrected chi connectivity index (χ0v) is 17.3. The number of hydrogen-bond acceptors (Lipinski definition) is 1. The van der Waals surface area contributed by atoms with E-state index in [-0.39, 0.29) is 0 Å². The lowest BCUT2D eigenvalue weighted by molar-refractivity contribution is 0.647. The molecule has 0 saturated carbocycles. The molecule has 0 amide bonds. The summed E-state index contributed by atoms with van der Waals surface area (Å²) in [7, 11) is 1.83. The van der Waals surface area contributed by atoms with E-state index in [9.17, 15) is 0 Å². The Kier molecular flexibility index (Phi) is 13.4. The highest BCUT2D eigenvalue weighted by Crippen LogP contribution is 2.18. The average molecular weight is 340 g/mol. The van der Waals surface area contributed by atoms with E-state index in [1.165, 1.54) is 22.3 Å². The Morgan fingerprint density at radius 2 is 1.72 bits per heavy atom. The van der Waals surface area contributed by atoms with Gasteiger partial charge >= 0.3 is 0 Å². The summed E-state index contributed by atoms with van der Waals surface area (Å²) in [5, 5.41) is 0. The SMILES string of the molecule is C/C=C\C(=C/CC)C/C=C(\C=NC)c1ccc(CC(C)C)cc1.CC. The number of rotatable bonds is 8. The Bertz CT molecular complexity index is 569. The minimum atomic E-state index is 0.690. The van der Waals surface area contributed by atoms with E-state index in [4.69, 9.17) is 0 Å². The van der Waals surface area contributed by atoms with Crippen LogP contribution in [0.3, 0.4) is 0 Å². The molecule has 0 saturated heterocycles. The summed E-state index contributed by atoms with van der Waals surface area (Å²) in [4.78, 5) is 4.22. The van der Waals surface area contributed by atoms with Crippen LogP contribution in [-0.2, 0) is 6.42 Å². The molecule has 0 spiro atoms. The van der Waals surface area contributed by atoms with E-state index in [1.54, 1.807) is 0 Å². The summed E-state index contributed by atoms with van der Waals surface area (Å²) in [6, 6.07) is 8.90. The van der Waals surface area contributed by atoms with Gasteiger partial charge in [-0.05, 0) is 54.4 Å². The van der Waals surface area contributed by atoms with Crippen LogP contribution in [0.1, 0.15) is 65.5 Å². The Morgan fingerprint density at radius 1 is 1.08 bits per heavy atom. The molecule has 0 unspecified atom stereocenters. The summed E-state index contributed by atoms with van der Waals surface area (Å²) in [6.45, 7) is 12.8. The first-order valence-corrected chi connectivity index (χ1v) is 9.64. The molecule has 0 N–H and O–H groups in total. The second-order valence-corrected chi connectivity index (χ2v) is 6.23. The third-order valence-corrected chi connectivity index (χ3v) is 3.60. The van der Waals surface area contributed by atoms with Gasteiger partial charge in [-0.3, -0.25) is 4.99 Å². The van der Waals surface area contributed by atoms with Crippen molar-refractivity contribution >= 4 is 11.8 Å². The van der Waals surface area contributed by atoms with Gasteiger partial charge in [-0.1, -0.05) is 83.2 Å². The Morgan fingerprint density at radius 3 is 2.20 bits per heavy atom. The van der Waals surface area contributed by atoms with Crippen LogP contribution in [0.2, 0.25) is 0 Å². The summed E-state index contributed by atoms with van der Waals surface area (Å²) < 4.78 is 0. The van der Waals surface area contributed by atoms with Crippen molar-refractivity contribution in [3.63, 3.8) is 0 Å². The third kappa shape index (κ3) is 9.86. The maximum absolute atomic E-state index is 4.22. The molecule has 1 aromatic rings. The van der Waals surface area contributed by atoms with E-state index < -0.39 is 0 Å². The molecular formula is C24H37N. The van der Waals surface area contributed by atoms with Gasteiger partial charge in [-0.25, -0.2) is 0 Å². The van der Waals surface area contributed by atoms with Crippen LogP contribution in [0.5, 0.6) is 0 Å². The second kappa shape index (κ2) is 14.5. The van der Waals surface area contributed by atoms with Gasteiger partial charge in [-0.15, -0.1) is 0 Å². The Balaban J connectivity index is 0.00000277. The Hall–Kier alpha value is -1.89. The largest absolute Gasteiger partial charge is 0.296 e. The fourth-order valence-corrected chi connectivity index (χ4v) is 2.61. The summed E-state index contributed by atoms with van der Waals surface area (Å²) in [5.74, 6) is 0.690. The van der Waals surface area contributed by atoms with Crippen molar-refractivity contribution in [3.05, 3.63) is 65.3 Å². The molecule has 0 aliphatic rings. The van der Waals surface area contributed by atoms with Crippen LogP contribution < -0.4 is 0 Å². The maximum Gasteiger partial charge on any atom is 0.0284 e. The molecular weight excluding hydrogens is 302 g/mol. The topological polar surface area (TPSA) is 12.4 Å². The van der Waals surface area contributed by atoms with Gasteiger partial charge in [0.15, 0.2) is 0 Å². The van der Waals surface area contributed by atoms with Crippen molar-refractivity contribution < 1.29 is 0 Å². The van der Waals surface area contributed by atoms with Gasteiger partial charge in [0.1, 0.15) is 0 Å².